The molecule has 0 unspecified atom stereocenters. The summed E-state index contributed by atoms with van der Waals surface area (Å²) in [6, 6.07) is 0. The monoisotopic (exact) mass is 337 g/mol. The molecule has 0 aromatic rings. The molecule has 0 radical (unpaired) electrons. The summed E-state index contributed by atoms with van der Waals surface area (Å²) in [7, 11) is 0. The van der Waals surface area contributed by atoms with Gasteiger partial charge in [0.25, 0.3) is 0 Å². The van der Waals surface area contributed by atoms with Gasteiger partial charge in [0.2, 0.25) is 5.91 Å². The topological polar surface area (TPSA) is 26.8 Å². The van der Waals surface area contributed by atoms with Crippen molar-refractivity contribution in [2.75, 3.05) is 52.4 Å². The standard InChI is InChI=1S/C20H39N3O/c1-4-7-18-8-10-19(11-9-18)16-21-12-14-22(15-13-21)17-20(24)23(5-2)6-3/h18-19H,4-17H2,1-3H3. The van der Waals surface area contributed by atoms with Gasteiger partial charge in [0.15, 0.2) is 0 Å². The summed E-state index contributed by atoms with van der Waals surface area (Å²) < 4.78 is 0. The van der Waals surface area contributed by atoms with Gasteiger partial charge < -0.3 is 9.80 Å². The first-order valence-electron chi connectivity index (χ1n) is 10.4. The van der Waals surface area contributed by atoms with Gasteiger partial charge in [0.1, 0.15) is 0 Å². The second-order valence-corrected chi connectivity index (χ2v) is 7.82. The first kappa shape index (κ1) is 19.7. The third-order valence-corrected chi connectivity index (χ3v) is 6.12. The van der Waals surface area contributed by atoms with Crippen molar-refractivity contribution in [3.05, 3.63) is 0 Å². The van der Waals surface area contributed by atoms with E-state index in [4.69, 9.17) is 0 Å². The van der Waals surface area contributed by atoms with Crippen molar-refractivity contribution in [3.63, 3.8) is 0 Å². The summed E-state index contributed by atoms with van der Waals surface area (Å²) in [5, 5.41) is 0. The van der Waals surface area contributed by atoms with Crippen LogP contribution in [-0.2, 0) is 4.79 Å². The van der Waals surface area contributed by atoms with E-state index in [0.29, 0.717) is 12.5 Å². The van der Waals surface area contributed by atoms with Gasteiger partial charge in [-0.2, -0.15) is 0 Å². The highest BCUT2D eigenvalue weighted by molar-refractivity contribution is 5.78. The van der Waals surface area contributed by atoms with Crippen LogP contribution in [0.5, 0.6) is 0 Å². The number of nitrogens with zero attached hydrogens (tertiary/aromatic N) is 3. The van der Waals surface area contributed by atoms with E-state index in [9.17, 15) is 4.79 Å². The second-order valence-electron chi connectivity index (χ2n) is 7.82. The first-order chi connectivity index (χ1) is 11.7. The molecule has 1 heterocycles. The molecule has 0 bridgehead atoms. The fraction of sp³-hybridized carbons (Fsp3) is 0.950. The van der Waals surface area contributed by atoms with E-state index in [1.165, 1.54) is 45.1 Å². The van der Waals surface area contributed by atoms with Crippen LogP contribution in [-0.4, -0.2) is 73.0 Å². The fourth-order valence-electron chi connectivity index (χ4n) is 4.47. The van der Waals surface area contributed by atoms with Crippen LogP contribution in [0, 0.1) is 11.8 Å². The van der Waals surface area contributed by atoms with Crippen LogP contribution in [0.1, 0.15) is 59.3 Å². The zero-order chi connectivity index (χ0) is 17.4. The number of hydrogen-bond donors (Lipinski definition) is 0. The molecule has 0 aromatic heterocycles. The quantitative estimate of drug-likeness (QED) is 0.681. The molecule has 4 nitrogen and oxygen atoms in total. The lowest BCUT2D eigenvalue weighted by molar-refractivity contribution is -0.132. The molecule has 2 aliphatic rings. The normalized spacial score (nSPS) is 26.5. The highest BCUT2D eigenvalue weighted by atomic mass is 16.2. The lowest BCUT2D eigenvalue weighted by atomic mass is 9.80. The van der Waals surface area contributed by atoms with E-state index in [1.807, 2.05) is 4.90 Å². The van der Waals surface area contributed by atoms with E-state index < -0.39 is 0 Å². The Bertz CT molecular complexity index is 354. The van der Waals surface area contributed by atoms with E-state index in [-0.39, 0.29) is 0 Å². The van der Waals surface area contributed by atoms with E-state index in [2.05, 4.69) is 30.6 Å². The number of likely N-dealkylation sites (N-methyl/N-ethyl adjacent to an activating group) is 1. The molecule has 1 aliphatic carbocycles. The van der Waals surface area contributed by atoms with Crippen molar-refractivity contribution in [2.24, 2.45) is 11.8 Å². The Labute approximate surface area is 149 Å². The summed E-state index contributed by atoms with van der Waals surface area (Å²) in [5.74, 6) is 2.22. The van der Waals surface area contributed by atoms with Gasteiger partial charge in [-0.25, -0.2) is 0 Å². The molecule has 1 saturated carbocycles. The molecule has 24 heavy (non-hydrogen) atoms. The van der Waals surface area contributed by atoms with Gasteiger partial charge in [-0.15, -0.1) is 0 Å². The van der Waals surface area contributed by atoms with Gasteiger partial charge in [-0.3, -0.25) is 9.69 Å². The Balaban J connectivity index is 1.64. The SMILES string of the molecule is CCCC1CCC(CN2CCN(CC(=O)N(CC)CC)CC2)CC1. The van der Waals surface area contributed by atoms with E-state index in [1.54, 1.807) is 0 Å². The maximum absolute atomic E-state index is 12.2. The Morgan fingerprint density at radius 2 is 1.42 bits per heavy atom. The van der Waals surface area contributed by atoms with Crippen molar-refractivity contribution >= 4 is 5.91 Å². The highest BCUT2D eigenvalue weighted by Gasteiger charge is 2.25. The fourth-order valence-corrected chi connectivity index (χ4v) is 4.47. The summed E-state index contributed by atoms with van der Waals surface area (Å²) >= 11 is 0. The average Bonchev–Trinajstić information content (AvgIpc) is 2.60. The zero-order valence-electron chi connectivity index (χ0n) is 16.3. The Morgan fingerprint density at radius 1 is 0.875 bits per heavy atom. The summed E-state index contributed by atoms with van der Waals surface area (Å²) in [6.45, 7) is 14.4. The molecule has 1 amide bonds. The largest absolute Gasteiger partial charge is 0.342 e. The first-order valence-corrected chi connectivity index (χ1v) is 10.4. The van der Waals surface area contributed by atoms with Gasteiger partial charge in [-0.05, 0) is 38.5 Å². The Kier molecular flexibility index (Phi) is 8.54. The van der Waals surface area contributed by atoms with Gasteiger partial charge in [-0.1, -0.05) is 32.6 Å². The minimum atomic E-state index is 0.294. The predicted octanol–water partition coefficient (Wildman–Crippen LogP) is 3.08. The number of carbonyl (C=O) groups is 1. The van der Waals surface area contributed by atoms with Gasteiger partial charge in [0.05, 0.1) is 6.54 Å². The molecule has 0 N–H and O–H groups in total. The van der Waals surface area contributed by atoms with Gasteiger partial charge in [0, 0.05) is 45.8 Å². The van der Waals surface area contributed by atoms with Gasteiger partial charge >= 0.3 is 0 Å². The summed E-state index contributed by atoms with van der Waals surface area (Å²) in [6.07, 6.45) is 8.57. The maximum atomic E-state index is 12.2. The third kappa shape index (κ3) is 6.03. The summed E-state index contributed by atoms with van der Waals surface area (Å²) in [5.41, 5.74) is 0. The third-order valence-electron chi connectivity index (χ3n) is 6.12. The predicted molar refractivity (Wildman–Crippen MR) is 101 cm³/mol. The number of piperazine rings is 1. The van der Waals surface area contributed by atoms with Crippen molar-refractivity contribution < 1.29 is 4.79 Å². The average molecular weight is 338 g/mol. The molecule has 0 atom stereocenters. The molecular formula is C20H39N3O. The Hall–Kier alpha value is -0.610. The minimum absolute atomic E-state index is 0.294. The molecule has 2 fully saturated rings. The Morgan fingerprint density at radius 3 is 1.96 bits per heavy atom. The minimum Gasteiger partial charge on any atom is -0.342 e. The van der Waals surface area contributed by atoms with E-state index >= 15 is 0 Å². The number of hydrogen-bond acceptors (Lipinski definition) is 3. The maximum Gasteiger partial charge on any atom is 0.236 e. The van der Waals surface area contributed by atoms with Crippen LogP contribution in [0.3, 0.4) is 0 Å². The van der Waals surface area contributed by atoms with Crippen LogP contribution in [0.4, 0.5) is 0 Å². The van der Waals surface area contributed by atoms with Crippen LogP contribution in [0.15, 0.2) is 0 Å². The van der Waals surface area contributed by atoms with Crippen LogP contribution < -0.4 is 0 Å². The molecule has 2 rings (SSSR count). The lowest BCUT2D eigenvalue weighted by Crippen LogP contribution is -2.51. The number of rotatable bonds is 8. The zero-order valence-corrected chi connectivity index (χ0v) is 16.3. The molecule has 1 aliphatic heterocycles. The van der Waals surface area contributed by atoms with Crippen molar-refractivity contribution in [3.8, 4) is 0 Å². The molecule has 1 saturated heterocycles. The number of carbonyl (C=O) groups excluding carboxylic acids is 1. The molecule has 0 aromatic carbocycles. The van der Waals surface area contributed by atoms with Crippen LogP contribution >= 0.6 is 0 Å². The molecular weight excluding hydrogens is 298 g/mol. The van der Waals surface area contributed by atoms with Crippen LogP contribution in [0.25, 0.3) is 0 Å². The van der Waals surface area contributed by atoms with Crippen molar-refractivity contribution in [1.82, 2.24) is 14.7 Å². The van der Waals surface area contributed by atoms with Crippen molar-refractivity contribution in [1.29, 1.82) is 0 Å². The lowest BCUT2D eigenvalue weighted by Gasteiger charge is -2.38. The molecule has 140 valence electrons. The van der Waals surface area contributed by atoms with Crippen LogP contribution in [0.2, 0.25) is 0 Å². The second kappa shape index (κ2) is 10.4. The summed E-state index contributed by atoms with van der Waals surface area (Å²) in [4.78, 5) is 19.2. The van der Waals surface area contributed by atoms with E-state index in [0.717, 1.165) is 51.1 Å². The number of amides is 1. The smallest absolute Gasteiger partial charge is 0.236 e. The molecule has 0 spiro atoms. The highest BCUT2D eigenvalue weighted by Crippen LogP contribution is 2.32. The molecule has 4 heteroatoms. The van der Waals surface area contributed by atoms with Crippen molar-refractivity contribution in [2.45, 2.75) is 59.3 Å².